The predicted octanol–water partition coefficient (Wildman–Crippen LogP) is 2.52. The summed E-state index contributed by atoms with van der Waals surface area (Å²) in [5.41, 5.74) is 3.49. The molecule has 1 fully saturated rings. The number of hydrogen-bond acceptors (Lipinski definition) is 4. The van der Waals surface area contributed by atoms with E-state index in [-0.39, 0.29) is 17.5 Å². The second-order valence-corrected chi connectivity index (χ2v) is 9.66. The number of rotatable bonds is 5. The molecule has 0 saturated carbocycles. The molecule has 160 valence electrons. The second kappa shape index (κ2) is 8.97. The molecule has 2 aromatic carbocycles. The van der Waals surface area contributed by atoms with Crippen molar-refractivity contribution in [2.45, 2.75) is 44.6 Å². The molecule has 1 saturated heterocycles. The van der Waals surface area contributed by atoms with Crippen molar-refractivity contribution in [2.75, 3.05) is 18.4 Å². The molecule has 30 heavy (non-hydrogen) atoms. The number of nitrogens with one attached hydrogen (secondary N) is 2. The number of amides is 2. The van der Waals surface area contributed by atoms with Crippen LogP contribution in [0.5, 0.6) is 0 Å². The average molecular weight is 430 g/mol. The summed E-state index contributed by atoms with van der Waals surface area (Å²) in [6, 6.07) is 11.9. The molecule has 0 aliphatic carbocycles. The van der Waals surface area contributed by atoms with Crippen LogP contribution in [0.1, 0.15) is 29.5 Å². The molecule has 1 aliphatic rings. The van der Waals surface area contributed by atoms with Crippen molar-refractivity contribution < 1.29 is 18.0 Å². The van der Waals surface area contributed by atoms with Crippen LogP contribution in [0.2, 0.25) is 0 Å². The smallest absolute Gasteiger partial charge is 0.313 e. The molecule has 1 unspecified atom stereocenters. The van der Waals surface area contributed by atoms with Crippen LogP contribution in [0, 0.1) is 20.8 Å². The summed E-state index contributed by atoms with van der Waals surface area (Å²) >= 11 is 0. The van der Waals surface area contributed by atoms with Crippen molar-refractivity contribution in [1.82, 2.24) is 9.62 Å². The third kappa shape index (κ3) is 5.06. The minimum Gasteiger partial charge on any atom is -0.346 e. The molecule has 0 aromatic heterocycles. The quantitative estimate of drug-likeness (QED) is 0.714. The molecule has 0 bridgehead atoms. The second-order valence-electron chi connectivity index (χ2n) is 7.77. The van der Waals surface area contributed by atoms with E-state index in [0.717, 1.165) is 16.7 Å². The van der Waals surface area contributed by atoms with Crippen LogP contribution < -0.4 is 10.6 Å². The molecule has 2 aromatic rings. The Balaban J connectivity index is 1.62. The van der Waals surface area contributed by atoms with E-state index >= 15 is 0 Å². The van der Waals surface area contributed by atoms with Crippen LogP contribution in [0.25, 0.3) is 0 Å². The minimum atomic E-state index is -3.65. The van der Waals surface area contributed by atoms with Crippen molar-refractivity contribution in [1.29, 1.82) is 0 Å². The van der Waals surface area contributed by atoms with Gasteiger partial charge < -0.3 is 10.6 Å². The van der Waals surface area contributed by atoms with E-state index in [2.05, 4.69) is 10.6 Å². The highest BCUT2D eigenvalue weighted by atomic mass is 32.2. The largest absolute Gasteiger partial charge is 0.346 e. The van der Waals surface area contributed by atoms with Crippen LogP contribution >= 0.6 is 0 Å². The molecule has 2 N–H and O–H groups in total. The average Bonchev–Trinajstić information content (AvgIpc) is 3.15. The van der Waals surface area contributed by atoms with Crippen LogP contribution in [0.3, 0.4) is 0 Å². The van der Waals surface area contributed by atoms with Gasteiger partial charge in [-0.25, -0.2) is 8.42 Å². The number of nitrogens with zero attached hydrogens (tertiary/aromatic N) is 1. The summed E-state index contributed by atoms with van der Waals surface area (Å²) in [6.45, 7) is 6.20. The lowest BCUT2D eigenvalue weighted by Gasteiger charge is -2.24. The number of aryl methyl sites for hydroxylation is 3. The SMILES string of the molecule is Cc1ccc(S(=O)(=O)N2CCCC2CNC(=O)C(=O)Nc2cc(C)cc(C)c2)cc1. The highest BCUT2D eigenvalue weighted by molar-refractivity contribution is 7.89. The maximum absolute atomic E-state index is 13.0. The van der Waals surface area contributed by atoms with Gasteiger partial charge in [-0.1, -0.05) is 23.8 Å². The zero-order valence-corrected chi connectivity index (χ0v) is 18.3. The third-order valence-corrected chi connectivity index (χ3v) is 7.10. The van der Waals surface area contributed by atoms with Gasteiger partial charge in [0.2, 0.25) is 10.0 Å². The van der Waals surface area contributed by atoms with Gasteiger partial charge >= 0.3 is 11.8 Å². The maximum Gasteiger partial charge on any atom is 0.313 e. The maximum atomic E-state index is 13.0. The van der Waals surface area contributed by atoms with Gasteiger partial charge in [0.05, 0.1) is 4.90 Å². The molecular weight excluding hydrogens is 402 g/mol. The summed E-state index contributed by atoms with van der Waals surface area (Å²) in [5, 5.41) is 5.17. The Labute approximate surface area is 177 Å². The van der Waals surface area contributed by atoms with E-state index in [9.17, 15) is 18.0 Å². The standard InChI is InChI=1S/C22H27N3O4S/c1-15-6-8-20(9-7-15)30(28,29)25-10-4-5-19(25)14-23-21(26)22(27)24-18-12-16(2)11-17(3)13-18/h6-9,11-13,19H,4-5,10,14H2,1-3H3,(H,23,26)(H,24,27). The summed E-state index contributed by atoms with van der Waals surface area (Å²) in [7, 11) is -3.65. The van der Waals surface area contributed by atoms with Crippen molar-refractivity contribution >= 4 is 27.5 Å². The first-order valence-electron chi connectivity index (χ1n) is 9.93. The Hall–Kier alpha value is -2.71. The first-order chi connectivity index (χ1) is 14.2. The van der Waals surface area contributed by atoms with E-state index < -0.39 is 21.8 Å². The Bertz CT molecular complexity index is 1030. The van der Waals surface area contributed by atoms with Gasteiger partial charge in [0.25, 0.3) is 0 Å². The zero-order valence-electron chi connectivity index (χ0n) is 17.4. The zero-order chi connectivity index (χ0) is 21.9. The first-order valence-corrected chi connectivity index (χ1v) is 11.4. The monoisotopic (exact) mass is 429 g/mol. The van der Waals surface area contributed by atoms with E-state index in [1.54, 1.807) is 36.4 Å². The number of hydrogen-bond donors (Lipinski definition) is 2. The van der Waals surface area contributed by atoms with Gasteiger partial charge in [0.15, 0.2) is 0 Å². The van der Waals surface area contributed by atoms with Crippen molar-refractivity contribution in [3.8, 4) is 0 Å². The molecule has 1 aliphatic heterocycles. The van der Waals surface area contributed by atoms with Gasteiger partial charge in [0, 0.05) is 24.8 Å². The van der Waals surface area contributed by atoms with Gasteiger partial charge in [0.1, 0.15) is 0 Å². The third-order valence-electron chi connectivity index (χ3n) is 5.13. The minimum absolute atomic E-state index is 0.0875. The van der Waals surface area contributed by atoms with Gasteiger partial charge in [-0.15, -0.1) is 0 Å². The summed E-state index contributed by atoms with van der Waals surface area (Å²) in [4.78, 5) is 24.7. The molecule has 3 rings (SSSR count). The highest BCUT2D eigenvalue weighted by Crippen LogP contribution is 2.26. The Kier molecular flexibility index (Phi) is 6.58. The molecular formula is C22H27N3O4S. The summed E-state index contributed by atoms with van der Waals surface area (Å²) in [5.74, 6) is -1.56. The molecule has 2 amide bonds. The van der Waals surface area contributed by atoms with Crippen LogP contribution in [-0.4, -0.2) is 43.7 Å². The Morgan fingerprint density at radius 3 is 2.23 bits per heavy atom. The molecule has 8 heteroatoms. The number of carbonyl (C=O) groups excluding carboxylic acids is 2. The van der Waals surface area contributed by atoms with Gasteiger partial charge in [-0.05, 0) is 69.0 Å². The van der Waals surface area contributed by atoms with Crippen molar-refractivity contribution in [3.63, 3.8) is 0 Å². The molecule has 7 nitrogen and oxygen atoms in total. The van der Waals surface area contributed by atoms with E-state index in [4.69, 9.17) is 0 Å². The van der Waals surface area contributed by atoms with E-state index in [1.807, 2.05) is 26.8 Å². The first kappa shape index (κ1) is 22.0. The number of anilines is 1. The lowest BCUT2D eigenvalue weighted by atomic mass is 10.1. The number of benzene rings is 2. The molecule has 0 radical (unpaired) electrons. The Morgan fingerprint density at radius 1 is 0.967 bits per heavy atom. The van der Waals surface area contributed by atoms with Gasteiger partial charge in [-0.3, -0.25) is 9.59 Å². The van der Waals surface area contributed by atoms with Crippen LogP contribution in [-0.2, 0) is 19.6 Å². The van der Waals surface area contributed by atoms with E-state index in [1.165, 1.54) is 4.31 Å². The predicted molar refractivity (Wildman–Crippen MR) is 116 cm³/mol. The van der Waals surface area contributed by atoms with E-state index in [0.29, 0.717) is 25.1 Å². The number of sulfonamides is 1. The lowest BCUT2D eigenvalue weighted by molar-refractivity contribution is -0.136. The fourth-order valence-corrected chi connectivity index (χ4v) is 5.39. The summed E-state index contributed by atoms with van der Waals surface area (Å²) in [6.07, 6.45) is 1.34. The normalized spacial score (nSPS) is 17.0. The lowest BCUT2D eigenvalue weighted by Crippen LogP contribution is -2.45. The van der Waals surface area contributed by atoms with Crippen LogP contribution in [0.15, 0.2) is 47.4 Å². The Morgan fingerprint density at radius 2 is 1.60 bits per heavy atom. The van der Waals surface area contributed by atoms with Gasteiger partial charge in [-0.2, -0.15) is 4.31 Å². The number of carbonyl (C=O) groups is 2. The molecule has 0 spiro atoms. The summed E-state index contributed by atoms with van der Waals surface area (Å²) < 4.78 is 27.4. The fraction of sp³-hybridized carbons (Fsp3) is 0.364. The highest BCUT2D eigenvalue weighted by Gasteiger charge is 2.35. The molecule has 1 atom stereocenters. The topological polar surface area (TPSA) is 95.6 Å². The van der Waals surface area contributed by atoms with Crippen molar-refractivity contribution in [3.05, 3.63) is 59.2 Å². The fourth-order valence-electron chi connectivity index (χ4n) is 3.70. The van der Waals surface area contributed by atoms with Crippen molar-refractivity contribution in [2.24, 2.45) is 0 Å². The molecule has 1 heterocycles. The van der Waals surface area contributed by atoms with Crippen LogP contribution in [0.4, 0.5) is 5.69 Å².